The Kier molecular flexibility index (Phi) is 3.67. The zero-order valence-electron chi connectivity index (χ0n) is 6.40. The fourth-order valence-electron chi connectivity index (χ4n) is 0.779. The summed E-state index contributed by atoms with van der Waals surface area (Å²) in [5.41, 5.74) is 0.992. The fourth-order valence-corrected chi connectivity index (χ4v) is 1.16. The van der Waals surface area contributed by atoms with Crippen molar-refractivity contribution in [1.29, 1.82) is 0 Å². The van der Waals surface area contributed by atoms with Crippen LogP contribution in [0.1, 0.15) is 12.0 Å². The summed E-state index contributed by atoms with van der Waals surface area (Å²) >= 11 is 3.31. The molecule has 62 valence electrons. The first kappa shape index (κ1) is 9.13. The molecule has 0 atom stereocenters. The molecule has 0 spiro atoms. The van der Waals surface area contributed by atoms with Crippen LogP contribution in [0.4, 0.5) is 0 Å². The van der Waals surface area contributed by atoms with E-state index in [9.17, 15) is 4.79 Å². The predicted molar refractivity (Wildman–Crippen MR) is 51.7 cm³/mol. The highest BCUT2D eigenvalue weighted by Gasteiger charge is 1.88. The molecule has 0 aliphatic rings. The van der Waals surface area contributed by atoms with Crippen LogP contribution in [0, 0.1) is 0 Å². The van der Waals surface area contributed by atoms with Crippen LogP contribution in [0.15, 0.2) is 29.0 Å². The molecule has 0 saturated heterocycles. The maximum atomic E-state index is 9.99. The number of halogens is 1. The van der Waals surface area contributed by atoms with Crippen molar-refractivity contribution < 1.29 is 4.79 Å². The Labute approximate surface area is 79.5 Å². The van der Waals surface area contributed by atoms with Crippen molar-refractivity contribution in [2.45, 2.75) is 6.42 Å². The average molecular weight is 226 g/mol. The lowest BCUT2D eigenvalue weighted by Crippen LogP contribution is -1.76. The van der Waals surface area contributed by atoms with Gasteiger partial charge in [0.25, 0.3) is 0 Å². The van der Waals surface area contributed by atoms with Crippen molar-refractivity contribution in [2.24, 2.45) is 0 Å². The smallest absolute Gasteiger partial charge is 0.123 e. The topological polar surface area (TPSA) is 30.0 Å². The summed E-state index contributed by atoms with van der Waals surface area (Å²) in [6.45, 7) is 0. The molecule has 0 unspecified atom stereocenters. The summed E-state index contributed by atoms with van der Waals surface area (Å²) in [6, 6.07) is 1.94. The first-order valence-electron chi connectivity index (χ1n) is 3.53. The molecule has 1 aromatic rings. The van der Waals surface area contributed by atoms with Crippen molar-refractivity contribution in [3.8, 4) is 0 Å². The Morgan fingerprint density at radius 1 is 1.50 bits per heavy atom. The van der Waals surface area contributed by atoms with Gasteiger partial charge in [-0.1, -0.05) is 12.2 Å². The van der Waals surface area contributed by atoms with E-state index in [1.807, 2.05) is 12.1 Å². The zero-order valence-corrected chi connectivity index (χ0v) is 7.99. The fraction of sp³-hybridized carbons (Fsp3) is 0.111. The van der Waals surface area contributed by atoms with E-state index in [-0.39, 0.29) is 0 Å². The van der Waals surface area contributed by atoms with Gasteiger partial charge in [-0.3, -0.25) is 4.98 Å². The van der Waals surface area contributed by atoms with Gasteiger partial charge in [0, 0.05) is 23.3 Å². The SMILES string of the molecule is O=CCC=Cc1cncc(Br)c1. The van der Waals surface area contributed by atoms with E-state index >= 15 is 0 Å². The Morgan fingerprint density at radius 3 is 3.00 bits per heavy atom. The Hall–Kier alpha value is -0.960. The Bertz CT molecular complexity index is 296. The van der Waals surface area contributed by atoms with Crippen LogP contribution in [0.25, 0.3) is 6.08 Å². The van der Waals surface area contributed by atoms with Gasteiger partial charge < -0.3 is 4.79 Å². The normalized spacial score (nSPS) is 10.4. The van der Waals surface area contributed by atoms with Crippen molar-refractivity contribution in [3.05, 3.63) is 34.6 Å². The summed E-state index contributed by atoms with van der Waals surface area (Å²) in [5, 5.41) is 0. The highest BCUT2D eigenvalue weighted by atomic mass is 79.9. The maximum Gasteiger partial charge on any atom is 0.123 e. The van der Waals surface area contributed by atoms with Crippen molar-refractivity contribution in [3.63, 3.8) is 0 Å². The molecular weight excluding hydrogens is 218 g/mol. The molecule has 0 aliphatic carbocycles. The van der Waals surface area contributed by atoms with Crippen LogP contribution >= 0.6 is 15.9 Å². The lowest BCUT2D eigenvalue weighted by Gasteiger charge is -1.91. The first-order chi connectivity index (χ1) is 5.83. The molecule has 0 radical (unpaired) electrons. The summed E-state index contributed by atoms with van der Waals surface area (Å²) in [7, 11) is 0. The minimum atomic E-state index is 0.451. The third kappa shape index (κ3) is 2.96. The first-order valence-corrected chi connectivity index (χ1v) is 4.33. The molecule has 2 nitrogen and oxygen atoms in total. The number of nitrogens with zero attached hydrogens (tertiary/aromatic N) is 1. The van der Waals surface area contributed by atoms with E-state index in [0.29, 0.717) is 6.42 Å². The number of carbonyl (C=O) groups is 1. The monoisotopic (exact) mass is 225 g/mol. The highest BCUT2D eigenvalue weighted by molar-refractivity contribution is 9.10. The van der Waals surface area contributed by atoms with Gasteiger partial charge >= 0.3 is 0 Å². The lowest BCUT2D eigenvalue weighted by atomic mass is 10.2. The summed E-state index contributed by atoms with van der Waals surface area (Å²) in [4.78, 5) is 14.0. The minimum absolute atomic E-state index is 0.451. The second-order valence-electron chi connectivity index (χ2n) is 2.24. The summed E-state index contributed by atoms with van der Waals surface area (Å²) in [5.74, 6) is 0. The molecule has 0 N–H and O–H groups in total. The molecule has 0 aliphatic heterocycles. The van der Waals surface area contributed by atoms with Gasteiger partial charge in [0.15, 0.2) is 0 Å². The number of aldehydes is 1. The van der Waals surface area contributed by atoms with Gasteiger partial charge in [-0.25, -0.2) is 0 Å². The van der Waals surface area contributed by atoms with Crippen molar-refractivity contribution in [1.82, 2.24) is 4.98 Å². The van der Waals surface area contributed by atoms with Gasteiger partial charge in [0.2, 0.25) is 0 Å². The standard InChI is InChI=1S/C9H8BrNO/c10-9-5-8(6-11-7-9)3-1-2-4-12/h1,3-7H,2H2. The van der Waals surface area contributed by atoms with Crippen molar-refractivity contribution in [2.75, 3.05) is 0 Å². The molecule has 1 aromatic heterocycles. The molecule has 0 bridgehead atoms. The van der Waals surface area contributed by atoms with Crippen molar-refractivity contribution >= 4 is 28.3 Å². The molecule has 0 aromatic carbocycles. The molecular formula is C9H8BrNO. The number of pyridine rings is 1. The number of allylic oxidation sites excluding steroid dienone is 1. The average Bonchev–Trinajstić information content (AvgIpc) is 2.05. The molecule has 3 heteroatoms. The molecule has 1 heterocycles. The maximum absolute atomic E-state index is 9.99. The van der Waals surface area contributed by atoms with E-state index in [1.165, 1.54) is 0 Å². The second kappa shape index (κ2) is 4.83. The predicted octanol–water partition coefficient (Wildman–Crippen LogP) is 2.45. The number of aromatic nitrogens is 1. The Balaban J connectivity index is 2.69. The Morgan fingerprint density at radius 2 is 2.33 bits per heavy atom. The summed E-state index contributed by atoms with van der Waals surface area (Å²) in [6.07, 6.45) is 8.44. The van der Waals surface area contributed by atoms with E-state index in [1.54, 1.807) is 18.5 Å². The van der Waals surface area contributed by atoms with E-state index in [0.717, 1.165) is 16.3 Å². The van der Waals surface area contributed by atoms with Gasteiger partial charge in [0.1, 0.15) is 6.29 Å². The van der Waals surface area contributed by atoms with Crippen LogP contribution in [0.2, 0.25) is 0 Å². The zero-order chi connectivity index (χ0) is 8.81. The highest BCUT2D eigenvalue weighted by Crippen LogP contribution is 2.10. The minimum Gasteiger partial charge on any atom is -0.303 e. The lowest BCUT2D eigenvalue weighted by molar-refractivity contribution is -0.107. The van der Waals surface area contributed by atoms with Gasteiger partial charge in [-0.15, -0.1) is 0 Å². The molecule has 12 heavy (non-hydrogen) atoms. The largest absolute Gasteiger partial charge is 0.303 e. The van der Waals surface area contributed by atoms with Crippen LogP contribution in [0.3, 0.4) is 0 Å². The van der Waals surface area contributed by atoms with Crippen LogP contribution < -0.4 is 0 Å². The molecule has 0 saturated carbocycles. The molecule has 1 rings (SSSR count). The van der Waals surface area contributed by atoms with Gasteiger partial charge in [-0.2, -0.15) is 0 Å². The van der Waals surface area contributed by atoms with Gasteiger partial charge in [-0.05, 0) is 27.6 Å². The summed E-state index contributed by atoms with van der Waals surface area (Å²) < 4.78 is 0.941. The third-order valence-electron chi connectivity index (χ3n) is 1.27. The second-order valence-corrected chi connectivity index (χ2v) is 3.16. The number of carbonyl (C=O) groups excluding carboxylic acids is 1. The molecule has 0 fully saturated rings. The number of hydrogen-bond acceptors (Lipinski definition) is 2. The number of rotatable bonds is 3. The van der Waals surface area contributed by atoms with Crippen LogP contribution in [0.5, 0.6) is 0 Å². The van der Waals surface area contributed by atoms with E-state index in [2.05, 4.69) is 20.9 Å². The third-order valence-corrected chi connectivity index (χ3v) is 1.70. The quantitative estimate of drug-likeness (QED) is 0.741. The van der Waals surface area contributed by atoms with E-state index in [4.69, 9.17) is 0 Å². The van der Waals surface area contributed by atoms with Crippen LogP contribution in [-0.2, 0) is 4.79 Å². The number of hydrogen-bond donors (Lipinski definition) is 0. The van der Waals surface area contributed by atoms with E-state index < -0.39 is 0 Å². The molecule has 0 amide bonds. The van der Waals surface area contributed by atoms with Gasteiger partial charge in [0.05, 0.1) is 0 Å². The van der Waals surface area contributed by atoms with Crippen LogP contribution in [-0.4, -0.2) is 11.3 Å².